The van der Waals surface area contributed by atoms with E-state index in [1.165, 1.54) is 32.1 Å². The molecule has 1 aliphatic rings. The Morgan fingerprint density at radius 1 is 1.27 bits per heavy atom. The molecule has 0 atom stereocenters. The molecule has 0 aromatic carbocycles. The first-order valence-corrected chi connectivity index (χ1v) is 6.31. The predicted octanol–water partition coefficient (Wildman–Crippen LogP) is 3.66. The van der Waals surface area contributed by atoms with E-state index in [1.54, 1.807) is 0 Å². The van der Waals surface area contributed by atoms with Crippen molar-refractivity contribution in [2.75, 3.05) is 7.05 Å². The van der Waals surface area contributed by atoms with Crippen LogP contribution < -0.4 is 0 Å². The maximum atomic E-state index is 8.27. The standard InChI is InChI=1S/C13H26N2/c1-5-13(2,3)15(4)12(14)11-9-7-6-8-10-11/h11,14H,5-10H2,1-4H3. The van der Waals surface area contributed by atoms with Gasteiger partial charge in [0.05, 0.1) is 5.84 Å². The van der Waals surface area contributed by atoms with Gasteiger partial charge in [0.25, 0.3) is 0 Å². The molecule has 1 saturated carbocycles. The van der Waals surface area contributed by atoms with Gasteiger partial charge in [-0.3, -0.25) is 5.41 Å². The molecule has 2 heteroatoms. The van der Waals surface area contributed by atoms with Crippen LogP contribution >= 0.6 is 0 Å². The van der Waals surface area contributed by atoms with Crippen molar-refractivity contribution in [2.24, 2.45) is 5.92 Å². The number of nitrogens with zero attached hydrogens (tertiary/aromatic N) is 1. The maximum Gasteiger partial charge on any atom is 0.0991 e. The third-order valence-electron chi connectivity index (χ3n) is 4.13. The summed E-state index contributed by atoms with van der Waals surface area (Å²) >= 11 is 0. The van der Waals surface area contributed by atoms with Crippen molar-refractivity contribution in [1.29, 1.82) is 5.41 Å². The molecule has 0 aromatic heterocycles. The van der Waals surface area contributed by atoms with E-state index >= 15 is 0 Å². The van der Waals surface area contributed by atoms with Gasteiger partial charge in [0.1, 0.15) is 0 Å². The quantitative estimate of drug-likeness (QED) is 0.558. The molecule has 0 saturated heterocycles. The lowest BCUT2D eigenvalue weighted by molar-refractivity contribution is 0.226. The number of nitrogens with one attached hydrogen (secondary N) is 1. The number of hydrogen-bond acceptors (Lipinski definition) is 1. The van der Waals surface area contributed by atoms with E-state index in [0.717, 1.165) is 12.3 Å². The van der Waals surface area contributed by atoms with E-state index in [-0.39, 0.29) is 5.54 Å². The Hall–Kier alpha value is -0.530. The Kier molecular flexibility index (Phi) is 4.18. The van der Waals surface area contributed by atoms with E-state index in [0.29, 0.717) is 5.92 Å². The fourth-order valence-electron chi connectivity index (χ4n) is 2.21. The molecule has 0 bridgehead atoms. The van der Waals surface area contributed by atoms with Crippen molar-refractivity contribution in [3.05, 3.63) is 0 Å². The van der Waals surface area contributed by atoms with Crippen LogP contribution in [0.1, 0.15) is 59.3 Å². The third-order valence-corrected chi connectivity index (χ3v) is 4.13. The van der Waals surface area contributed by atoms with Crippen LogP contribution in [0.15, 0.2) is 0 Å². The summed E-state index contributed by atoms with van der Waals surface area (Å²) in [5.74, 6) is 1.39. The van der Waals surface area contributed by atoms with Crippen LogP contribution in [-0.2, 0) is 0 Å². The van der Waals surface area contributed by atoms with E-state index < -0.39 is 0 Å². The van der Waals surface area contributed by atoms with Crippen molar-refractivity contribution >= 4 is 5.84 Å². The summed E-state index contributed by atoms with van der Waals surface area (Å²) in [5.41, 5.74) is 0.133. The highest BCUT2D eigenvalue weighted by molar-refractivity contribution is 5.82. The number of amidine groups is 1. The Labute approximate surface area is 94.6 Å². The Bertz CT molecular complexity index is 215. The highest BCUT2D eigenvalue weighted by Crippen LogP contribution is 2.28. The van der Waals surface area contributed by atoms with Crippen molar-refractivity contribution < 1.29 is 0 Å². The van der Waals surface area contributed by atoms with Crippen molar-refractivity contribution in [1.82, 2.24) is 4.90 Å². The van der Waals surface area contributed by atoms with E-state index in [1.807, 2.05) is 0 Å². The first-order chi connectivity index (χ1) is 6.99. The Balaban J connectivity index is 2.58. The maximum absolute atomic E-state index is 8.27. The summed E-state index contributed by atoms with van der Waals surface area (Å²) < 4.78 is 0. The minimum atomic E-state index is 0.133. The number of rotatable bonds is 3. The average molecular weight is 210 g/mol. The van der Waals surface area contributed by atoms with Gasteiger partial charge in [0, 0.05) is 18.5 Å². The molecule has 1 fully saturated rings. The first-order valence-electron chi connectivity index (χ1n) is 6.31. The van der Waals surface area contributed by atoms with Crippen LogP contribution in [-0.4, -0.2) is 23.3 Å². The summed E-state index contributed by atoms with van der Waals surface area (Å²) in [6, 6.07) is 0. The number of hydrogen-bond donors (Lipinski definition) is 1. The Morgan fingerprint density at radius 2 is 1.80 bits per heavy atom. The largest absolute Gasteiger partial charge is 0.358 e. The lowest BCUT2D eigenvalue weighted by Crippen LogP contribution is -2.47. The predicted molar refractivity (Wildman–Crippen MR) is 66.4 cm³/mol. The van der Waals surface area contributed by atoms with E-state index in [9.17, 15) is 0 Å². The van der Waals surface area contributed by atoms with Crippen LogP contribution in [0.2, 0.25) is 0 Å². The summed E-state index contributed by atoms with van der Waals surface area (Å²) in [6.45, 7) is 6.65. The molecule has 0 spiro atoms. The topological polar surface area (TPSA) is 27.1 Å². The van der Waals surface area contributed by atoms with Gasteiger partial charge in [0.15, 0.2) is 0 Å². The van der Waals surface area contributed by atoms with Gasteiger partial charge >= 0.3 is 0 Å². The monoisotopic (exact) mass is 210 g/mol. The van der Waals surface area contributed by atoms with Gasteiger partial charge in [-0.2, -0.15) is 0 Å². The van der Waals surface area contributed by atoms with Crippen molar-refractivity contribution in [2.45, 2.75) is 64.8 Å². The summed E-state index contributed by atoms with van der Waals surface area (Å²) in [6.07, 6.45) is 7.54. The van der Waals surface area contributed by atoms with Crippen molar-refractivity contribution in [3.8, 4) is 0 Å². The average Bonchev–Trinajstić information content (AvgIpc) is 2.28. The van der Waals surface area contributed by atoms with Crippen LogP contribution in [0.3, 0.4) is 0 Å². The van der Waals surface area contributed by atoms with Crippen LogP contribution in [0.4, 0.5) is 0 Å². The minimum absolute atomic E-state index is 0.133. The van der Waals surface area contributed by atoms with Crippen LogP contribution in [0.5, 0.6) is 0 Å². The third kappa shape index (κ3) is 2.96. The summed E-state index contributed by atoms with van der Waals surface area (Å²) in [5, 5.41) is 8.27. The van der Waals surface area contributed by atoms with Gasteiger partial charge in [-0.1, -0.05) is 26.2 Å². The molecule has 1 N–H and O–H groups in total. The second kappa shape index (κ2) is 5.00. The molecule has 0 heterocycles. The molecule has 88 valence electrons. The Morgan fingerprint density at radius 3 is 2.27 bits per heavy atom. The molecule has 1 aliphatic carbocycles. The second-order valence-electron chi connectivity index (χ2n) is 5.45. The molecule has 0 unspecified atom stereocenters. The minimum Gasteiger partial charge on any atom is -0.358 e. The fraction of sp³-hybridized carbons (Fsp3) is 0.923. The SMILES string of the molecule is CCC(C)(C)N(C)C(=N)C1CCCCC1. The van der Waals surface area contributed by atoms with Crippen LogP contribution in [0.25, 0.3) is 0 Å². The van der Waals surface area contributed by atoms with Gasteiger partial charge in [-0.15, -0.1) is 0 Å². The summed E-state index contributed by atoms with van der Waals surface area (Å²) in [7, 11) is 2.08. The zero-order chi connectivity index (χ0) is 11.5. The van der Waals surface area contributed by atoms with Gasteiger partial charge in [-0.25, -0.2) is 0 Å². The fourth-order valence-corrected chi connectivity index (χ4v) is 2.21. The lowest BCUT2D eigenvalue weighted by Gasteiger charge is -2.40. The zero-order valence-corrected chi connectivity index (χ0v) is 10.8. The molecule has 0 radical (unpaired) electrons. The first kappa shape index (κ1) is 12.5. The lowest BCUT2D eigenvalue weighted by atomic mass is 9.86. The summed E-state index contributed by atoms with van der Waals surface area (Å²) in [4.78, 5) is 2.18. The molecular weight excluding hydrogens is 184 g/mol. The highest BCUT2D eigenvalue weighted by Gasteiger charge is 2.28. The molecule has 15 heavy (non-hydrogen) atoms. The molecular formula is C13H26N2. The molecule has 0 aromatic rings. The second-order valence-corrected chi connectivity index (χ2v) is 5.45. The molecule has 1 rings (SSSR count). The van der Waals surface area contributed by atoms with E-state index in [2.05, 4.69) is 32.7 Å². The van der Waals surface area contributed by atoms with E-state index in [4.69, 9.17) is 5.41 Å². The van der Waals surface area contributed by atoms with Gasteiger partial charge < -0.3 is 4.90 Å². The van der Waals surface area contributed by atoms with Gasteiger partial charge in [0.2, 0.25) is 0 Å². The molecule has 0 amide bonds. The van der Waals surface area contributed by atoms with Gasteiger partial charge in [-0.05, 0) is 33.1 Å². The highest BCUT2D eigenvalue weighted by atomic mass is 15.2. The van der Waals surface area contributed by atoms with Crippen molar-refractivity contribution in [3.63, 3.8) is 0 Å². The smallest absolute Gasteiger partial charge is 0.0991 e. The zero-order valence-electron chi connectivity index (χ0n) is 10.8. The van der Waals surface area contributed by atoms with Crippen LogP contribution in [0, 0.1) is 11.3 Å². The molecule has 2 nitrogen and oxygen atoms in total. The normalized spacial score (nSPS) is 18.9. The molecule has 0 aliphatic heterocycles.